The van der Waals surface area contributed by atoms with E-state index in [9.17, 15) is 13.2 Å². The van der Waals surface area contributed by atoms with Gasteiger partial charge in [0.2, 0.25) is 9.84 Å². The van der Waals surface area contributed by atoms with Crippen LogP contribution in [0.5, 0.6) is 0 Å². The summed E-state index contributed by atoms with van der Waals surface area (Å²) in [5.74, 6) is 0.0830. The minimum atomic E-state index is -3.63. The zero-order valence-corrected chi connectivity index (χ0v) is 14.9. The highest BCUT2D eigenvalue weighted by Crippen LogP contribution is 2.31. The smallest absolute Gasteiger partial charge is 0.253 e. The van der Waals surface area contributed by atoms with Crippen LogP contribution in [0.3, 0.4) is 0 Å². The molecule has 1 aliphatic rings. The van der Waals surface area contributed by atoms with Crippen LogP contribution < -0.4 is 5.32 Å². The number of hydrogen-bond acceptors (Lipinski definition) is 4. The Balaban J connectivity index is 1.84. The molecule has 1 N–H and O–H groups in total. The standard InChI is InChI=1S/C17H14ClNO3S2/c18-14-9-5-4-8-13(14)17(20)19-15-10-23-11-16(15)24(21,22)12-6-2-1-3-7-12/h1-9,11,15H,10H2,(H,19,20). The topological polar surface area (TPSA) is 63.2 Å². The maximum Gasteiger partial charge on any atom is 0.253 e. The monoisotopic (exact) mass is 379 g/mol. The molecule has 0 aliphatic carbocycles. The summed E-state index contributed by atoms with van der Waals surface area (Å²) >= 11 is 7.39. The van der Waals surface area contributed by atoms with Crippen LogP contribution in [0.1, 0.15) is 10.4 Å². The molecule has 0 saturated heterocycles. The Morgan fingerprint density at radius 2 is 1.75 bits per heavy atom. The van der Waals surface area contributed by atoms with Crippen molar-refractivity contribution in [3.8, 4) is 0 Å². The van der Waals surface area contributed by atoms with Gasteiger partial charge in [-0.25, -0.2) is 8.42 Å². The summed E-state index contributed by atoms with van der Waals surface area (Å²) in [7, 11) is -3.63. The number of sulfone groups is 1. The lowest BCUT2D eigenvalue weighted by Gasteiger charge is -2.17. The van der Waals surface area contributed by atoms with Crippen LogP contribution in [-0.4, -0.2) is 26.1 Å². The quantitative estimate of drug-likeness (QED) is 0.883. The van der Waals surface area contributed by atoms with Crippen molar-refractivity contribution in [3.05, 3.63) is 75.5 Å². The highest BCUT2D eigenvalue weighted by Gasteiger charge is 2.33. The van der Waals surface area contributed by atoms with Crippen LogP contribution in [0.2, 0.25) is 5.02 Å². The molecule has 0 spiro atoms. The van der Waals surface area contributed by atoms with Gasteiger partial charge in [-0.2, -0.15) is 0 Å². The van der Waals surface area contributed by atoms with Gasteiger partial charge in [-0.1, -0.05) is 41.9 Å². The van der Waals surface area contributed by atoms with Gasteiger partial charge >= 0.3 is 0 Å². The van der Waals surface area contributed by atoms with E-state index in [1.165, 1.54) is 11.8 Å². The fraction of sp³-hybridized carbons (Fsp3) is 0.118. The van der Waals surface area contributed by atoms with Gasteiger partial charge in [0, 0.05) is 5.75 Å². The third kappa shape index (κ3) is 3.36. The molecule has 1 atom stereocenters. The van der Waals surface area contributed by atoms with Crippen molar-refractivity contribution in [2.45, 2.75) is 10.9 Å². The molecule has 24 heavy (non-hydrogen) atoms. The first kappa shape index (κ1) is 17.1. The van der Waals surface area contributed by atoms with E-state index in [1.54, 1.807) is 60.0 Å². The van der Waals surface area contributed by atoms with Crippen molar-refractivity contribution < 1.29 is 13.2 Å². The molecule has 1 unspecified atom stereocenters. The Morgan fingerprint density at radius 1 is 1.08 bits per heavy atom. The van der Waals surface area contributed by atoms with E-state index in [0.717, 1.165) is 0 Å². The number of rotatable bonds is 4. The van der Waals surface area contributed by atoms with Gasteiger partial charge < -0.3 is 5.32 Å². The van der Waals surface area contributed by atoms with Crippen molar-refractivity contribution in [2.24, 2.45) is 0 Å². The molecule has 0 radical (unpaired) electrons. The lowest BCUT2D eigenvalue weighted by molar-refractivity contribution is 0.0947. The van der Waals surface area contributed by atoms with Crippen LogP contribution in [0.4, 0.5) is 0 Å². The molecular formula is C17H14ClNO3S2. The van der Waals surface area contributed by atoms with Gasteiger partial charge in [-0.05, 0) is 29.7 Å². The Bertz CT molecular complexity index is 895. The maximum atomic E-state index is 12.8. The van der Waals surface area contributed by atoms with E-state index in [1.807, 2.05) is 0 Å². The van der Waals surface area contributed by atoms with Crippen LogP contribution >= 0.6 is 23.4 Å². The predicted molar refractivity (Wildman–Crippen MR) is 96.9 cm³/mol. The molecule has 7 heteroatoms. The van der Waals surface area contributed by atoms with E-state index in [2.05, 4.69) is 5.32 Å². The van der Waals surface area contributed by atoms with Gasteiger partial charge in [0.05, 0.1) is 26.4 Å². The normalized spacial score (nSPS) is 17.4. The van der Waals surface area contributed by atoms with Crippen LogP contribution in [0.15, 0.2) is 69.8 Å². The third-order valence-corrected chi connectivity index (χ3v) is 6.93. The van der Waals surface area contributed by atoms with E-state index in [0.29, 0.717) is 16.3 Å². The number of carbonyl (C=O) groups is 1. The zero-order chi connectivity index (χ0) is 17.2. The molecule has 0 bridgehead atoms. The van der Waals surface area contributed by atoms with E-state index in [4.69, 9.17) is 11.6 Å². The van der Waals surface area contributed by atoms with Gasteiger partial charge in [0.15, 0.2) is 0 Å². The van der Waals surface area contributed by atoms with Gasteiger partial charge in [-0.15, -0.1) is 11.8 Å². The van der Waals surface area contributed by atoms with Crippen LogP contribution in [-0.2, 0) is 9.84 Å². The van der Waals surface area contributed by atoms with Crippen LogP contribution in [0, 0.1) is 0 Å². The zero-order valence-electron chi connectivity index (χ0n) is 12.5. The summed E-state index contributed by atoms with van der Waals surface area (Å²) in [6.45, 7) is 0. The lowest BCUT2D eigenvalue weighted by Crippen LogP contribution is -2.38. The van der Waals surface area contributed by atoms with Crippen molar-refractivity contribution in [2.75, 3.05) is 5.75 Å². The minimum absolute atomic E-state index is 0.208. The first-order chi connectivity index (χ1) is 11.5. The average molecular weight is 380 g/mol. The minimum Gasteiger partial charge on any atom is -0.344 e. The summed E-state index contributed by atoms with van der Waals surface area (Å²) in [4.78, 5) is 12.8. The Labute approximate surface area is 149 Å². The van der Waals surface area contributed by atoms with E-state index < -0.39 is 15.9 Å². The molecule has 0 saturated carbocycles. The second kappa shape index (κ2) is 7.01. The van der Waals surface area contributed by atoms with Gasteiger partial charge in [0.25, 0.3) is 5.91 Å². The first-order valence-electron chi connectivity index (χ1n) is 7.17. The Kier molecular flexibility index (Phi) is 4.99. The molecular weight excluding hydrogens is 366 g/mol. The van der Waals surface area contributed by atoms with Crippen molar-refractivity contribution in [3.63, 3.8) is 0 Å². The number of amides is 1. The lowest BCUT2D eigenvalue weighted by atomic mass is 10.2. The van der Waals surface area contributed by atoms with E-state index >= 15 is 0 Å². The Hall–Kier alpha value is -1.76. The average Bonchev–Trinajstić information content (AvgIpc) is 3.05. The van der Waals surface area contributed by atoms with Crippen molar-refractivity contribution in [1.29, 1.82) is 0 Å². The molecule has 2 aromatic carbocycles. The molecule has 1 heterocycles. The fourth-order valence-corrected chi connectivity index (χ4v) is 5.59. The summed E-state index contributed by atoms with van der Waals surface area (Å²) in [6, 6.07) is 14.3. The highest BCUT2D eigenvalue weighted by molar-refractivity contribution is 8.04. The number of halogens is 1. The summed E-state index contributed by atoms with van der Waals surface area (Å²) in [5.41, 5.74) is 0.326. The largest absolute Gasteiger partial charge is 0.344 e. The molecule has 1 amide bonds. The van der Waals surface area contributed by atoms with E-state index in [-0.39, 0.29) is 15.7 Å². The second-order valence-electron chi connectivity index (χ2n) is 5.18. The molecule has 0 aromatic heterocycles. The summed E-state index contributed by atoms with van der Waals surface area (Å²) in [5, 5.41) is 4.70. The number of carbonyl (C=O) groups excluding carboxylic acids is 1. The predicted octanol–water partition coefficient (Wildman–Crippen LogP) is 3.50. The summed E-state index contributed by atoms with van der Waals surface area (Å²) in [6.07, 6.45) is 0. The van der Waals surface area contributed by atoms with Gasteiger partial charge in [-0.3, -0.25) is 4.79 Å². The molecule has 4 nitrogen and oxygen atoms in total. The summed E-state index contributed by atoms with van der Waals surface area (Å²) < 4.78 is 25.5. The number of nitrogens with one attached hydrogen (secondary N) is 1. The van der Waals surface area contributed by atoms with Crippen LogP contribution in [0.25, 0.3) is 0 Å². The number of hydrogen-bond donors (Lipinski definition) is 1. The highest BCUT2D eigenvalue weighted by atomic mass is 35.5. The molecule has 0 fully saturated rings. The van der Waals surface area contributed by atoms with Crippen molar-refractivity contribution in [1.82, 2.24) is 5.32 Å². The second-order valence-corrected chi connectivity index (χ2v) is 8.44. The molecule has 1 aliphatic heterocycles. The number of thioether (sulfide) groups is 1. The molecule has 124 valence electrons. The first-order valence-corrected chi connectivity index (χ1v) is 10.1. The maximum absolute atomic E-state index is 12.8. The molecule has 2 aromatic rings. The molecule has 3 rings (SSSR count). The van der Waals surface area contributed by atoms with Gasteiger partial charge in [0.1, 0.15) is 0 Å². The van der Waals surface area contributed by atoms with Crippen molar-refractivity contribution >= 4 is 39.1 Å². The SMILES string of the molecule is O=C(NC1CSC=C1S(=O)(=O)c1ccccc1)c1ccccc1Cl. The Morgan fingerprint density at radius 3 is 2.46 bits per heavy atom. The number of benzene rings is 2. The fourth-order valence-electron chi connectivity index (χ4n) is 2.37. The third-order valence-electron chi connectivity index (χ3n) is 3.59.